The van der Waals surface area contributed by atoms with Crippen molar-refractivity contribution in [3.63, 3.8) is 0 Å². The number of rotatable bonds is 4. The molecule has 0 amide bonds. The lowest BCUT2D eigenvalue weighted by Gasteiger charge is -2.09. The minimum atomic E-state index is -3.79. The predicted molar refractivity (Wildman–Crippen MR) is 78.1 cm³/mol. The van der Waals surface area contributed by atoms with E-state index in [1.807, 2.05) is 0 Å². The highest BCUT2D eigenvalue weighted by molar-refractivity contribution is 7.92. The molecule has 1 heterocycles. The van der Waals surface area contributed by atoms with Crippen molar-refractivity contribution in [1.29, 1.82) is 0 Å². The third-order valence-electron chi connectivity index (χ3n) is 2.39. The van der Waals surface area contributed by atoms with E-state index in [1.54, 1.807) is 12.1 Å². The van der Waals surface area contributed by atoms with Gasteiger partial charge in [-0.2, -0.15) is 0 Å². The minimum Gasteiger partial charge on any atom is -0.495 e. The normalized spacial score (nSPS) is 11.2. The van der Waals surface area contributed by atoms with Crippen LogP contribution in [0.4, 0.5) is 5.82 Å². The third-order valence-corrected chi connectivity index (χ3v) is 4.25. The number of hydrogen-bond donors (Lipinski definition) is 1. The summed E-state index contributed by atoms with van der Waals surface area (Å²) in [6.07, 6.45) is 0. The van der Waals surface area contributed by atoms with Gasteiger partial charge in [0, 0.05) is 0 Å². The van der Waals surface area contributed by atoms with Gasteiger partial charge in [0.15, 0.2) is 0 Å². The van der Waals surface area contributed by atoms with Crippen molar-refractivity contribution < 1.29 is 13.2 Å². The van der Waals surface area contributed by atoms with Crippen LogP contribution in [0.2, 0.25) is 10.2 Å². The molecule has 2 aromatic rings. The second-order valence-corrected chi connectivity index (χ2v) is 6.22. The molecule has 0 saturated heterocycles. The Morgan fingerprint density at radius 3 is 2.55 bits per heavy atom. The Balaban J connectivity index is 2.33. The maximum absolute atomic E-state index is 12.2. The molecular weight excluding hydrogens is 323 g/mol. The molecule has 1 aromatic heterocycles. The van der Waals surface area contributed by atoms with Crippen LogP contribution in [-0.4, -0.2) is 20.5 Å². The van der Waals surface area contributed by atoms with Gasteiger partial charge in [-0.15, -0.1) is 0 Å². The molecule has 0 saturated carbocycles. The summed E-state index contributed by atoms with van der Waals surface area (Å²) < 4.78 is 31.6. The van der Waals surface area contributed by atoms with Gasteiger partial charge >= 0.3 is 0 Å². The number of pyridine rings is 1. The average Bonchev–Trinajstić information content (AvgIpc) is 2.38. The maximum Gasteiger partial charge on any atom is 0.263 e. The summed E-state index contributed by atoms with van der Waals surface area (Å²) in [5.41, 5.74) is 0. The second kappa shape index (κ2) is 5.87. The van der Waals surface area contributed by atoms with E-state index in [9.17, 15) is 8.42 Å². The molecule has 8 heteroatoms. The number of benzene rings is 1. The second-order valence-electron chi connectivity index (χ2n) is 3.75. The predicted octanol–water partition coefficient (Wildman–Crippen LogP) is 3.20. The van der Waals surface area contributed by atoms with Crippen LogP contribution in [0.25, 0.3) is 0 Å². The molecule has 1 aromatic carbocycles. The molecule has 0 unspecified atom stereocenters. The quantitative estimate of drug-likeness (QED) is 0.873. The summed E-state index contributed by atoms with van der Waals surface area (Å²) in [5, 5.41) is 0.396. The Bertz CT molecular complexity index is 735. The van der Waals surface area contributed by atoms with Gasteiger partial charge in [-0.3, -0.25) is 4.72 Å². The zero-order valence-corrected chi connectivity index (χ0v) is 12.6. The molecule has 2 rings (SSSR count). The number of nitrogens with one attached hydrogen (secondary N) is 1. The molecule has 5 nitrogen and oxygen atoms in total. The summed E-state index contributed by atoms with van der Waals surface area (Å²) in [7, 11) is -2.34. The Morgan fingerprint density at radius 1 is 1.20 bits per heavy atom. The fourth-order valence-corrected chi connectivity index (χ4v) is 2.99. The Labute approximate surface area is 126 Å². The fraction of sp³-hybridized carbons (Fsp3) is 0.0833. The third kappa shape index (κ3) is 3.33. The molecular formula is C12H10Cl2N2O3S. The van der Waals surface area contributed by atoms with Crippen LogP contribution < -0.4 is 9.46 Å². The molecule has 1 N–H and O–H groups in total. The Kier molecular flexibility index (Phi) is 4.37. The van der Waals surface area contributed by atoms with Crippen LogP contribution >= 0.6 is 23.2 Å². The van der Waals surface area contributed by atoms with Crippen LogP contribution in [0.5, 0.6) is 5.75 Å². The van der Waals surface area contributed by atoms with Crippen molar-refractivity contribution >= 4 is 39.0 Å². The molecule has 0 spiro atoms. The minimum absolute atomic E-state index is 0.00470. The van der Waals surface area contributed by atoms with Gasteiger partial charge in [0.2, 0.25) is 0 Å². The average molecular weight is 333 g/mol. The number of methoxy groups -OCH3 is 1. The molecule has 106 valence electrons. The van der Waals surface area contributed by atoms with Gasteiger partial charge in [-0.25, -0.2) is 13.4 Å². The van der Waals surface area contributed by atoms with E-state index in [0.717, 1.165) is 0 Å². The smallest absolute Gasteiger partial charge is 0.263 e. The first-order valence-corrected chi connectivity index (χ1v) is 7.65. The number of halogens is 2. The van der Waals surface area contributed by atoms with Gasteiger partial charge in [0.1, 0.15) is 16.7 Å². The molecule has 0 atom stereocenters. The maximum atomic E-state index is 12.2. The standard InChI is InChI=1S/C12H10Cl2N2O3S/c1-19-10-6-5-8(7-9(10)13)20(17,18)16-12-4-2-3-11(14)15-12/h2-7H,1H3,(H,15,16). The van der Waals surface area contributed by atoms with Crippen molar-refractivity contribution in [2.24, 2.45) is 0 Å². The number of sulfonamides is 1. The largest absolute Gasteiger partial charge is 0.495 e. The van der Waals surface area contributed by atoms with Crippen LogP contribution in [0.3, 0.4) is 0 Å². The van der Waals surface area contributed by atoms with Crippen molar-refractivity contribution in [3.05, 3.63) is 46.6 Å². The van der Waals surface area contributed by atoms with Gasteiger partial charge in [0.25, 0.3) is 10.0 Å². The van der Waals surface area contributed by atoms with E-state index in [1.165, 1.54) is 31.4 Å². The van der Waals surface area contributed by atoms with Crippen molar-refractivity contribution in [2.75, 3.05) is 11.8 Å². The van der Waals surface area contributed by atoms with Gasteiger partial charge < -0.3 is 4.74 Å². The summed E-state index contributed by atoms with van der Waals surface area (Å²) in [4.78, 5) is 3.86. The molecule has 0 aliphatic carbocycles. The van der Waals surface area contributed by atoms with E-state index in [0.29, 0.717) is 5.75 Å². The van der Waals surface area contributed by atoms with Crippen molar-refractivity contribution in [3.8, 4) is 5.75 Å². The lowest BCUT2D eigenvalue weighted by atomic mass is 10.3. The van der Waals surface area contributed by atoms with Crippen molar-refractivity contribution in [2.45, 2.75) is 4.90 Å². The first-order valence-electron chi connectivity index (χ1n) is 5.41. The first-order chi connectivity index (χ1) is 9.42. The van der Waals surface area contributed by atoms with Gasteiger partial charge in [-0.05, 0) is 30.3 Å². The summed E-state index contributed by atoms with van der Waals surface area (Å²) in [6, 6.07) is 8.79. The molecule has 20 heavy (non-hydrogen) atoms. The van der Waals surface area contributed by atoms with Crippen LogP contribution in [0, 0.1) is 0 Å². The molecule has 0 bridgehead atoms. The first kappa shape index (κ1) is 14.9. The SMILES string of the molecule is COc1ccc(S(=O)(=O)Nc2cccc(Cl)n2)cc1Cl. The zero-order chi connectivity index (χ0) is 14.8. The van der Waals surface area contributed by atoms with Crippen LogP contribution in [-0.2, 0) is 10.0 Å². The van der Waals surface area contributed by atoms with E-state index >= 15 is 0 Å². The molecule has 0 fully saturated rings. The van der Waals surface area contributed by atoms with Crippen molar-refractivity contribution in [1.82, 2.24) is 4.98 Å². The van der Waals surface area contributed by atoms with Crippen LogP contribution in [0.1, 0.15) is 0 Å². The lowest BCUT2D eigenvalue weighted by molar-refractivity contribution is 0.414. The van der Waals surface area contributed by atoms with E-state index in [4.69, 9.17) is 27.9 Å². The highest BCUT2D eigenvalue weighted by Gasteiger charge is 2.16. The zero-order valence-electron chi connectivity index (χ0n) is 10.3. The van der Waals surface area contributed by atoms with Crippen LogP contribution in [0.15, 0.2) is 41.3 Å². The summed E-state index contributed by atoms with van der Waals surface area (Å²) in [5.74, 6) is 0.524. The monoisotopic (exact) mass is 332 g/mol. The molecule has 0 aliphatic heterocycles. The highest BCUT2D eigenvalue weighted by Crippen LogP contribution is 2.27. The van der Waals surface area contributed by atoms with E-state index in [2.05, 4.69) is 9.71 Å². The fourth-order valence-electron chi connectivity index (χ4n) is 1.48. The van der Waals surface area contributed by atoms with E-state index in [-0.39, 0.29) is 20.9 Å². The van der Waals surface area contributed by atoms with Gasteiger partial charge in [0.05, 0.1) is 17.0 Å². The van der Waals surface area contributed by atoms with Gasteiger partial charge in [-0.1, -0.05) is 29.3 Å². The molecule has 0 aliphatic rings. The Morgan fingerprint density at radius 2 is 1.95 bits per heavy atom. The van der Waals surface area contributed by atoms with E-state index < -0.39 is 10.0 Å². The number of nitrogens with zero attached hydrogens (tertiary/aromatic N) is 1. The Hall–Kier alpha value is -1.50. The topological polar surface area (TPSA) is 68.3 Å². The summed E-state index contributed by atoms with van der Waals surface area (Å²) in [6.45, 7) is 0. The number of anilines is 1. The highest BCUT2D eigenvalue weighted by atomic mass is 35.5. The summed E-state index contributed by atoms with van der Waals surface area (Å²) >= 11 is 11.6. The lowest BCUT2D eigenvalue weighted by Crippen LogP contribution is -2.14. The molecule has 0 radical (unpaired) electrons. The number of aromatic nitrogens is 1. The number of hydrogen-bond acceptors (Lipinski definition) is 4. The number of ether oxygens (including phenoxy) is 1.